The zero-order valence-electron chi connectivity index (χ0n) is 9.32. The van der Waals surface area contributed by atoms with Gasteiger partial charge in [-0.25, -0.2) is 0 Å². The number of nitrogens with zero attached hydrogens (tertiary/aromatic N) is 1. The predicted octanol–water partition coefficient (Wildman–Crippen LogP) is 0.198. The summed E-state index contributed by atoms with van der Waals surface area (Å²) in [6.45, 7) is 1.39. The SMILES string of the molecule is NC(CC(=O)NCCC1CCCCO1)=NO. The van der Waals surface area contributed by atoms with Gasteiger partial charge in [-0.3, -0.25) is 4.79 Å². The fourth-order valence-electron chi connectivity index (χ4n) is 1.67. The van der Waals surface area contributed by atoms with Crippen LogP contribution in [0.3, 0.4) is 0 Å². The summed E-state index contributed by atoms with van der Waals surface area (Å²) in [5.41, 5.74) is 5.20. The van der Waals surface area contributed by atoms with E-state index in [1.807, 2.05) is 0 Å². The first-order valence-corrected chi connectivity index (χ1v) is 5.57. The Balaban J connectivity index is 2.07. The predicted molar refractivity (Wildman–Crippen MR) is 59.2 cm³/mol. The summed E-state index contributed by atoms with van der Waals surface area (Å²) in [5, 5.41) is 13.7. The Hall–Kier alpha value is -1.30. The number of rotatable bonds is 5. The van der Waals surface area contributed by atoms with Crippen LogP contribution in [-0.2, 0) is 9.53 Å². The van der Waals surface area contributed by atoms with Gasteiger partial charge >= 0.3 is 0 Å². The maximum absolute atomic E-state index is 11.2. The number of amidine groups is 1. The van der Waals surface area contributed by atoms with E-state index in [4.69, 9.17) is 15.7 Å². The molecular weight excluding hydrogens is 210 g/mol. The highest BCUT2D eigenvalue weighted by Crippen LogP contribution is 2.14. The Morgan fingerprint density at radius 2 is 2.38 bits per heavy atom. The number of amides is 1. The van der Waals surface area contributed by atoms with Crippen molar-refractivity contribution >= 4 is 11.7 Å². The number of hydrogen-bond donors (Lipinski definition) is 3. The van der Waals surface area contributed by atoms with E-state index in [2.05, 4.69) is 10.5 Å². The highest BCUT2D eigenvalue weighted by molar-refractivity contribution is 5.98. The number of carbonyl (C=O) groups is 1. The highest BCUT2D eigenvalue weighted by Gasteiger charge is 2.13. The van der Waals surface area contributed by atoms with Gasteiger partial charge < -0.3 is 21.0 Å². The molecule has 0 aliphatic carbocycles. The van der Waals surface area contributed by atoms with Crippen molar-refractivity contribution in [2.24, 2.45) is 10.9 Å². The second-order valence-electron chi connectivity index (χ2n) is 3.90. The van der Waals surface area contributed by atoms with Crippen LogP contribution in [0.1, 0.15) is 32.1 Å². The molecule has 6 heteroatoms. The molecule has 1 aliphatic rings. The molecule has 6 nitrogen and oxygen atoms in total. The van der Waals surface area contributed by atoms with Gasteiger partial charge in [0.1, 0.15) is 5.84 Å². The van der Waals surface area contributed by atoms with Crippen LogP contribution in [0, 0.1) is 0 Å². The lowest BCUT2D eigenvalue weighted by atomic mass is 10.1. The molecule has 1 fully saturated rings. The van der Waals surface area contributed by atoms with Crippen LogP contribution in [0.15, 0.2) is 5.16 Å². The second-order valence-corrected chi connectivity index (χ2v) is 3.90. The molecule has 1 amide bonds. The molecule has 4 N–H and O–H groups in total. The van der Waals surface area contributed by atoms with Gasteiger partial charge in [-0.1, -0.05) is 5.16 Å². The Morgan fingerprint density at radius 1 is 1.56 bits per heavy atom. The smallest absolute Gasteiger partial charge is 0.227 e. The van der Waals surface area contributed by atoms with E-state index in [0.29, 0.717) is 6.54 Å². The minimum Gasteiger partial charge on any atom is -0.409 e. The van der Waals surface area contributed by atoms with Crippen molar-refractivity contribution in [3.05, 3.63) is 0 Å². The molecule has 1 saturated heterocycles. The minimum absolute atomic E-state index is 0.0674. The summed E-state index contributed by atoms with van der Waals surface area (Å²) in [5.74, 6) is -0.308. The van der Waals surface area contributed by atoms with Gasteiger partial charge in [0, 0.05) is 13.2 Å². The molecule has 0 aromatic heterocycles. The monoisotopic (exact) mass is 229 g/mol. The van der Waals surface area contributed by atoms with E-state index in [-0.39, 0.29) is 24.3 Å². The van der Waals surface area contributed by atoms with E-state index in [9.17, 15) is 4.79 Å². The quantitative estimate of drug-likeness (QED) is 0.271. The maximum atomic E-state index is 11.2. The standard InChI is InChI=1S/C10H19N3O3/c11-9(13-15)7-10(14)12-5-4-8-3-1-2-6-16-8/h8,15H,1-7H2,(H2,11,13)(H,12,14). The van der Waals surface area contributed by atoms with Gasteiger partial charge in [-0.2, -0.15) is 0 Å². The summed E-state index contributed by atoms with van der Waals surface area (Å²) in [7, 11) is 0. The van der Waals surface area contributed by atoms with E-state index >= 15 is 0 Å². The first-order chi connectivity index (χ1) is 7.72. The number of nitrogens with two attached hydrogens (primary N) is 1. The van der Waals surface area contributed by atoms with Gasteiger partial charge in [0.25, 0.3) is 0 Å². The third-order valence-electron chi connectivity index (χ3n) is 2.53. The summed E-state index contributed by atoms with van der Waals surface area (Å²) >= 11 is 0. The lowest BCUT2D eigenvalue weighted by Crippen LogP contribution is -2.32. The van der Waals surface area contributed by atoms with E-state index in [1.165, 1.54) is 6.42 Å². The van der Waals surface area contributed by atoms with Gasteiger partial charge in [-0.05, 0) is 25.7 Å². The Labute approximate surface area is 94.8 Å². The topological polar surface area (TPSA) is 96.9 Å². The molecule has 0 saturated carbocycles. The number of hydrogen-bond acceptors (Lipinski definition) is 4. The summed E-state index contributed by atoms with van der Waals surface area (Å²) in [6, 6.07) is 0. The van der Waals surface area contributed by atoms with Crippen molar-refractivity contribution in [3.63, 3.8) is 0 Å². The Bertz CT molecular complexity index is 250. The molecule has 1 aliphatic heterocycles. The first kappa shape index (κ1) is 12.8. The molecule has 0 radical (unpaired) electrons. The first-order valence-electron chi connectivity index (χ1n) is 5.57. The number of ether oxygens (including phenoxy) is 1. The van der Waals surface area contributed by atoms with Crippen LogP contribution in [0.25, 0.3) is 0 Å². The van der Waals surface area contributed by atoms with Crippen LogP contribution < -0.4 is 11.1 Å². The molecule has 0 bridgehead atoms. The van der Waals surface area contributed by atoms with Crippen molar-refractivity contribution < 1.29 is 14.7 Å². The molecule has 1 atom stereocenters. The van der Waals surface area contributed by atoms with E-state index in [0.717, 1.165) is 25.9 Å². The fourth-order valence-corrected chi connectivity index (χ4v) is 1.67. The average molecular weight is 229 g/mol. The Morgan fingerprint density at radius 3 is 3.00 bits per heavy atom. The maximum Gasteiger partial charge on any atom is 0.227 e. The molecular formula is C10H19N3O3. The second kappa shape index (κ2) is 7.05. The lowest BCUT2D eigenvalue weighted by molar-refractivity contribution is -0.120. The van der Waals surface area contributed by atoms with Crippen molar-refractivity contribution in [2.75, 3.05) is 13.2 Å². The summed E-state index contributed by atoms with van der Waals surface area (Å²) in [6.07, 6.45) is 4.41. The fraction of sp³-hybridized carbons (Fsp3) is 0.800. The molecule has 1 heterocycles. The van der Waals surface area contributed by atoms with Crippen molar-refractivity contribution in [1.82, 2.24) is 5.32 Å². The largest absolute Gasteiger partial charge is 0.409 e. The van der Waals surface area contributed by atoms with Crippen LogP contribution in [0.2, 0.25) is 0 Å². The average Bonchev–Trinajstić information content (AvgIpc) is 2.30. The number of carbonyl (C=O) groups excluding carboxylic acids is 1. The third-order valence-corrected chi connectivity index (χ3v) is 2.53. The molecule has 0 aromatic rings. The lowest BCUT2D eigenvalue weighted by Gasteiger charge is -2.22. The van der Waals surface area contributed by atoms with Gasteiger partial charge in [0.15, 0.2) is 0 Å². The van der Waals surface area contributed by atoms with Crippen LogP contribution in [0.4, 0.5) is 0 Å². The van der Waals surface area contributed by atoms with E-state index < -0.39 is 0 Å². The van der Waals surface area contributed by atoms with E-state index in [1.54, 1.807) is 0 Å². The van der Waals surface area contributed by atoms with Gasteiger partial charge in [0.2, 0.25) is 5.91 Å². The van der Waals surface area contributed by atoms with Gasteiger partial charge in [-0.15, -0.1) is 0 Å². The van der Waals surface area contributed by atoms with Crippen molar-refractivity contribution in [2.45, 2.75) is 38.2 Å². The van der Waals surface area contributed by atoms with Crippen molar-refractivity contribution in [1.29, 1.82) is 0 Å². The normalized spacial score (nSPS) is 21.8. The summed E-state index contributed by atoms with van der Waals surface area (Å²) < 4.78 is 5.52. The number of oxime groups is 1. The molecule has 16 heavy (non-hydrogen) atoms. The highest BCUT2D eigenvalue weighted by atomic mass is 16.5. The summed E-state index contributed by atoms with van der Waals surface area (Å²) in [4.78, 5) is 11.2. The molecule has 0 spiro atoms. The molecule has 1 rings (SSSR count). The van der Waals surface area contributed by atoms with Crippen LogP contribution in [-0.4, -0.2) is 36.2 Å². The number of nitrogens with one attached hydrogen (secondary N) is 1. The van der Waals surface area contributed by atoms with Crippen LogP contribution in [0.5, 0.6) is 0 Å². The molecule has 92 valence electrons. The molecule has 1 unspecified atom stereocenters. The third kappa shape index (κ3) is 4.97. The minimum atomic E-state index is -0.230. The zero-order valence-corrected chi connectivity index (χ0v) is 9.32. The Kier molecular flexibility index (Phi) is 5.63. The van der Waals surface area contributed by atoms with Gasteiger partial charge in [0.05, 0.1) is 12.5 Å². The molecule has 0 aromatic carbocycles. The van der Waals surface area contributed by atoms with Crippen molar-refractivity contribution in [3.8, 4) is 0 Å². The zero-order chi connectivity index (χ0) is 11.8. The van der Waals surface area contributed by atoms with Crippen LogP contribution >= 0.6 is 0 Å².